The van der Waals surface area contributed by atoms with E-state index in [1.54, 1.807) is 54.6 Å². The van der Waals surface area contributed by atoms with E-state index in [1.165, 1.54) is 13.3 Å². The lowest BCUT2D eigenvalue weighted by Gasteiger charge is -2.10. The van der Waals surface area contributed by atoms with E-state index in [9.17, 15) is 14.4 Å². The van der Waals surface area contributed by atoms with Crippen LogP contribution in [-0.2, 0) is 4.79 Å². The van der Waals surface area contributed by atoms with Crippen LogP contribution < -0.4 is 20.2 Å². The normalized spacial score (nSPS) is 10.8. The minimum absolute atomic E-state index is 0.222. The summed E-state index contributed by atoms with van der Waals surface area (Å²) < 4.78 is 10.7. The van der Waals surface area contributed by atoms with Gasteiger partial charge in [0.1, 0.15) is 0 Å². The van der Waals surface area contributed by atoms with Crippen molar-refractivity contribution in [1.82, 2.24) is 10.7 Å². The molecule has 4 aromatic rings. The molecule has 37 heavy (non-hydrogen) atoms. The smallest absolute Gasteiger partial charge is 0.343 e. The van der Waals surface area contributed by atoms with E-state index < -0.39 is 11.9 Å². The highest BCUT2D eigenvalue weighted by Crippen LogP contribution is 2.28. The third-order valence-corrected chi connectivity index (χ3v) is 5.57. The zero-order valence-corrected chi connectivity index (χ0v) is 20.5. The maximum Gasteiger partial charge on any atom is 0.343 e. The van der Waals surface area contributed by atoms with Gasteiger partial charge in [-0.3, -0.25) is 9.59 Å². The van der Waals surface area contributed by atoms with Gasteiger partial charge >= 0.3 is 5.97 Å². The maximum atomic E-state index is 12.6. The number of rotatable bonds is 8. The summed E-state index contributed by atoms with van der Waals surface area (Å²) in [6, 6.07) is 24.0. The molecule has 0 aliphatic rings. The molecule has 0 radical (unpaired) electrons. The average Bonchev–Trinajstić information content (AvgIpc) is 2.92. The fourth-order valence-electron chi connectivity index (χ4n) is 3.49. The molecule has 0 atom stereocenters. The lowest BCUT2D eigenvalue weighted by atomic mass is 10.0. The van der Waals surface area contributed by atoms with E-state index in [1.807, 2.05) is 30.3 Å². The summed E-state index contributed by atoms with van der Waals surface area (Å²) in [5.41, 5.74) is 3.78. The van der Waals surface area contributed by atoms with Gasteiger partial charge in [0.15, 0.2) is 11.5 Å². The SMILES string of the molecule is COc1cc(/C=N/NC(=O)CNC(=O)c2cccc3ccccc23)ccc1OC(=O)c1ccc(Cl)cc1. The Hall–Kier alpha value is -4.69. The predicted octanol–water partition coefficient (Wildman–Crippen LogP) is 4.60. The zero-order chi connectivity index (χ0) is 26.2. The molecule has 186 valence electrons. The first-order chi connectivity index (χ1) is 17.9. The lowest BCUT2D eigenvalue weighted by molar-refractivity contribution is -0.120. The molecule has 0 heterocycles. The van der Waals surface area contributed by atoms with Crippen LogP contribution in [0.5, 0.6) is 11.5 Å². The van der Waals surface area contributed by atoms with E-state index in [2.05, 4.69) is 15.8 Å². The predicted molar refractivity (Wildman–Crippen MR) is 141 cm³/mol. The van der Waals surface area contributed by atoms with Crippen molar-refractivity contribution >= 4 is 46.4 Å². The van der Waals surface area contributed by atoms with Crippen LogP contribution >= 0.6 is 11.6 Å². The molecule has 4 rings (SSSR count). The maximum absolute atomic E-state index is 12.6. The van der Waals surface area contributed by atoms with Gasteiger partial charge in [-0.2, -0.15) is 5.10 Å². The molecule has 0 unspecified atom stereocenters. The second kappa shape index (κ2) is 11.8. The molecule has 0 aliphatic heterocycles. The van der Waals surface area contributed by atoms with Gasteiger partial charge in [-0.25, -0.2) is 10.2 Å². The minimum atomic E-state index is -0.561. The van der Waals surface area contributed by atoms with Crippen molar-refractivity contribution in [1.29, 1.82) is 0 Å². The molecule has 0 aliphatic carbocycles. The number of hydrazone groups is 1. The summed E-state index contributed by atoms with van der Waals surface area (Å²) in [6.07, 6.45) is 1.40. The summed E-state index contributed by atoms with van der Waals surface area (Å²) >= 11 is 5.85. The number of ether oxygens (including phenoxy) is 2. The van der Waals surface area contributed by atoms with Crippen LogP contribution in [0.3, 0.4) is 0 Å². The number of benzene rings is 4. The molecule has 0 fully saturated rings. The summed E-state index contributed by atoms with van der Waals surface area (Å²) in [7, 11) is 1.44. The topological polar surface area (TPSA) is 106 Å². The van der Waals surface area contributed by atoms with Crippen molar-refractivity contribution in [3.05, 3.63) is 107 Å². The molecule has 0 aromatic heterocycles. The fraction of sp³-hybridized carbons (Fsp3) is 0.0714. The molecule has 8 nitrogen and oxygen atoms in total. The first kappa shape index (κ1) is 25.4. The molecular formula is C28H22ClN3O5. The van der Waals surface area contributed by atoms with Crippen LogP contribution in [0.25, 0.3) is 10.8 Å². The van der Waals surface area contributed by atoms with E-state index in [-0.39, 0.29) is 18.2 Å². The number of methoxy groups -OCH3 is 1. The Balaban J connectivity index is 1.32. The summed E-state index contributed by atoms with van der Waals surface area (Å²) in [6.45, 7) is -0.248. The van der Waals surface area contributed by atoms with Crippen LogP contribution in [-0.4, -0.2) is 37.7 Å². The van der Waals surface area contributed by atoms with Gasteiger partial charge in [-0.1, -0.05) is 48.0 Å². The largest absolute Gasteiger partial charge is 0.493 e. The van der Waals surface area contributed by atoms with Gasteiger partial charge in [0.05, 0.1) is 25.4 Å². The van der Waals surface area contributed by atoms with Crippen molar-refractivity contribution in [2.75, 3.05) is 13.7 Å². The first-order valence-corrected chi connectivity index (χ1v) is 11.6. The monoisotopic (exact) mass is 515 g/mol. The number of nitrogens with one attached hydrogen (secondary N) is 2. The molecule has 4 aromatic carbocycles. The number of carbonyl (C=O) groups is 3. The number of fused-ring (bicyclic) bond motifs is 1. The Labute approximate surface area is 217 Å². The number of esters is 1. The molecule has 0 saturated heterocycles. The summed E-state index contributed by atoms with van der Waals surface area (Å²) in [4.78, 5) is 37.1. The van der Waals surface area contributed by atoms with E-state index >= 15 is 0 Å². The minimum Gasteiger partial charge on any atom is -0.493 e. The number of nitrogens with zero attached hydrogens (tertiary/aromatic N) is 1. The van der Waals surface area contributed by atoms with Crippen LogP contribution in [0.1, 0.15) is 26.3 Å². The average molecular weight is 516 g/mol. The standard InChI is InChI=1S/C28H22ClN3O5/c1-36-25-15-18(9-14-24(25)37-28(35)20-10-12-21(29)13-11-20)16-31-32-26(33)17-30-27(34)23-8-4-6-19-5-2-3-7-22(19)23/h2-16H,17H2,1H3,(H,30,34)(H,32,33)/b31-16+. The van der Waals surface area contributed by atoms with E-state index in [0.29, 0.717) is 27.5 Å². The number of hydrogen-bond donors (Lipinski definition) is 2. The summed E-state index contributed by atoms with van der Waals surface area (Å²) in [5.74, 6) is -0.886. The second-order valence-corrected chi connectivity index (χ2v) is 8.25. The van der Waals surface area contributed by atoms with Crippen molar-refractivity contribution < 1.29 is 23.9 Å². The zero-order valence-electron chi connectivity index (χ0n) is 19.7. The number of halogens is 1. The van der Waals surface area contributed by atoms with Gasteiger partial charge in [0, 0.05) is 10.6 Å². The van der Waals surface area contributed by atoms with Gasteiger partial charge in [-0.15, -0.1) is 0 Å². The third-order valence-electron chi connectivity index (χ3n) is 5.32. The molecule has 0 saturated carbocycles. The lowest BCUT2D eigenvalue weighted by Crippen LogP contribution is -2.35. The van der Waals surface area contributed by atoms with Crippen molar-refractivity contribution in [3.8, 4) is 11.5 Å². The Kier molecular flexibility index (Phi) is 8.12. The molecule has 0 bridgehead atoms. The number of carbonyl (C=O) groups excluding carboxylic acids is 3. The van der Waals surface area contributed by atoms with Crippen molar-refractivity contribution in [3.63, 3.8) is 0 Å². The highest BCUT2D eigenvalue weighted by molar-refractivity contribution is 6.30. The summed E-state index contributed by atoms with van der Waals surface area (Å²) in [5, 5.41) is 8.76. The Morgan fingerprint density at radius 3 is 2.46 bits per heavy atom. The fourth-order valence-corrected chi connectivity index (χ4v) is 3.62. The van der Waals surface area contributed by atoms with Gasteiger partial charge in [0.25, 0.3) is 11.8 Å². The molecular weight excluding hydrogens is 494 g/mol. The molecule has 0 spiro atoms. The Morgan fingerprint density at radius 1 is 0.919 bits per heavy atom. The third kappa shape index (κ3) is 6.50. The first-order valence-electron chi connectivity index (χ1n) is 11.2. The Bertz CT molecular complexity index is 1480. The molecule has 9 heteroatoms. The van der Waals surface area contributed by atoms with Crippen LogP contribution in [0.2, 0.25) is 5.02 Å². The van der Waals surface area contributed by atoms with Crippen LogP contribution in [0.15, 0.2) is 90.0 Å². The van der Waals surface area contributed by atoms with Crippen LogP contribution in [0, 0.1) is 0 Å². The van der Waals surface area contributed by atoms with E-state index in [4.69, 9.17) is 21.1 Å². The number of hydrogen-bond acceptors (Lipinski definition) is 6. The van der Waals surface area contributed by atoms with Crippen molar-refractivity contribution in [2.45, 2.75) is 0 Å². The van der Waals surface area contributed by atoms with Gasteiger partial charge in [0.2, 0.25) is 0 Å². The van der Waals surface area contributed by atoms with Gasteiger partial charge in [-0.05, 0) is 64.9 Å². The number of amides is 2. The Morgan fingerprint density at radius 2 is 1.68 bits per heavy atom. The van der Waals surface area contributed by atoms with Crippen molar-refractivity contribution in [2.24, 2.45) is 5.10 Å². The highest BCUT2D eigenvalue weighted by Gasteiger charge is 2.13. The molecule has 2 amide bonds. The van der Waals surface area contributed by atoms with Gasteiger partial charge < -0.3 is 14.8 Å². The quantitative estimate of drug-likeness (QED) is 0.154. The van der Waals surface area contributed by atoms with Crippen LogP contribution in [0.4, 0.5) is 0 Å². The molecule has 2 N–H and O–H groups in total. The second-order valence-electron chi connectivity index (χ2n) is 7.81. The van der Waals surface area contributed by atoms with E-state index in [0.717, 1.165) is 10.8 Å². The highest BCUT2D eigenvalue weighted by atomic mass is 35.5.